The number of carbonyl (C=O) groups excluding carboxylic acids is 1. The first-order valence-corrected chi connectivity index (χ1v) is 13.5. The molecular formula is C31H35N7O. The third kappa shape index (κ3) is 5.25. The number of benzene rings is 2. The van der Waals surface area contributed by atoms with Gasteiger partial charge >= 0.3 is 0 Å². The highest BCUT2D eigenvalue weighted by molar-refractivity contribution is 6.01. The molecule has 4 heterocycles. The van der Waals surface area contributed by atoms with E-state index < -0.39 is 0 Å². The zero-order chi connectivity index (χ0) is 27.1. The summed E-state index contributed by atoms with van der Waals surface area (Å²) in [6, 6.07) is 16.9. The Kier molecular flexibility index (Phi) is 6.35. The number of aromatic amines is 2. The van der Waals surface area contributed by atoms with E-state index in [9.17, 15) is 4.79 Å². The molecule has 0 radical (unpaired) electrons. The fourth-order valence-corrected chi connectivity index (χ4v) is 5.34. The number of aromatic nitrogens is 4. The van der Waals surface area contributed by atoms with Crippen LogP contribution >= 0.6 is 0 Å². The number of amides is 1. The van der Waals surface area contributed by atoms with Crippen LogP contribution in [-0.4, -0.2) is 64.2 Å². The van der Waals surface area contributed by atoms with E-state index in [0.29, 0.717) is 12.1 Å². The summed E-state index contributed by atoms with van der Waals surface area (Å²) in [5, 5.41) is 13.1. The second-order valence-corrected chi connectivity index (χ2v) is 11.8. The molecule has 1 fully saturated rings. The van der Waals surface area contributed by atoms with Crippen molar-refractivity contribution >= 4 is 39.1 Å². The van der Waals surface area contributed by atoms with Crippen molar-refractivity contribution in [3.63, 3.8) is 0 Å². The summed E-state index contributed by atoms with van der Waals surface area (Å²) in [5.41, 5.74) is 7.77. The number of pyridine rings is 1. The molecule has 0 atom stereocenters. The number of H-pyrrole nitrogens is 2. The number of hydrogen-bond acceptors (Lipinski definition) is 5. The average molecular weight is 522 g/mol. The highest BCUT2D eigenvalue weighted by Crippen LogP contribution is 2.35. The molecule has 2 aromatic carbocycles. The Balaban J connectivity index is 1.32. The lowest BCUT2D eigenvalue weighted by Gasteiger charge is -2.34. The van der Waals surface area contributed by atoms with Gasteiger partial charge in [-0.05, 0) is 54.4 Å². The van der Waals surface area contributed by atoms with E-state index in [1.54, 1.807) is 6.20 Å². The summed E-state index contributed by atoms with van der Waals surface area (Å²) < 4.78 is 0. The van der Waals surface area contributed by atoms with E-state index in [2.05, 4.69) is 99.5 Å². The van der Waals surface area contributed by atoms with Crippen molar-refractivity contribution < 1.29 is 4.79 Å². The van der Waals surface area contributed by atoms with Gasteiger partial charge in [0.05, 0.1) is 23.1 Å². The molecule has 3 aromatic heterocycles. The van der Waals surface area contributed by atoms with E-state index in [0.717, 1.165) is 65.1 Å². The summed E-state index contributed by atoms with van der Waals surface area (Å²) in [5.74, 6) is -0.0104. The smallest absolute Gasteiger partial charge is 0.224 e. The molecule has 5 aromatic rings. The van der Waals surface area contributed by atoms with Crippen LogP contribution in [0.25, 0.3) is 44.3 Å². The lowest BCUT2D eigenvalue weighted by molar-refractivity contribution is -0.117. The number of carbonyl (C=O) groups is 1. The largest absolute Gasteiger partial charge is 0.368 e. The van der Waals surface area contributed by atoms with Crippen LogP contribution in [0.15, 0.2) is 60.9 Å². The summed E-state index contributed by atoms with van der Waals surface area (Å²) in [7, 11) is 2.18. The second-order valence-electron chi connectivity index (χ2n) is 11.8. The van der Waals surface area contributed by atoms with Gasteiger partial charge in [0.15, 0.2) is 0 Å². The summed E-state index contributed by atoms with van der Waals surface area (Å²) in [6.45, 7) is 10.3. The Morgan fingerprint density at radius 2 is 1.77 bits per heavy atom. The summed E-state index contributed by atoms with van der Waals surface area (Å²) in [4.78, 5) is 25.3. The third-order valence-electron chi connectivity index (χ3n) is 7.35. The van der Waals surface area contributed by atoms with Gasteiger partial charge in [-0.1, -0.05) is 32.9 Å². The van der Waals surface area contributed by atoms with Crippen molar-refractivity contribution in [2.75, 3.05) is 43.4 Å². The topological polar surface area (TPSA) is 92.9 Å². The maximum absolute atomic E-state index is 12.5. The Hall–Kier alpha value is -4.17. The van der Waals surface area contributed by atoms with Crippen LogP contribution in [0, 0.1) is 5.41 Å². The zero-order valence-electron chi connectivity index (χ0n) is 23.0. The van der Waals surface area contributed by atoms with Crippen molar-refractivity contribution in [2.45, 2.75) is 27.2 Å². The molecule has 200 valence electrons. The van der Waals surface area contributed by atoms with Crippen molar-refractivity contribution in [3.8, 4) is 22.5 Å². The number of nitrogens with one attached hydrogen (secondary N) is 3. The number of likely N-dealkylation sites (N-methyl/N-ethyl adjacent to an activating group) is 1. The molecule has 1 saturated heterocycles. The molecule has 6 rings (SSSR count). The number of nitrogens with zero attached hydrogens (tertiary/aromatic N) is 4. The molecule has 0 bridgehead atoms. The maximum Gasteiger partial charge on any atom is 0.224 e. The van der Waals surface area contributed by atoms with E-state index >= 15 is 0 Å². The van der Waals surface area contributed by atoms with E-state index in [1.165, 1.54) is 11.1 Å². The molecule has 8 heteroatoms. The highest BCUT2D eigenvalue weighted by Gasteiger charge is 2.19. The van der Waals surface area contributed by atoms with Crippen molar-refractivity contribution in [1.29, 1.82) is 0 Å². The van der Waals surface area contributed by atoms with Crippen molar-refractivity contribution in [2.24, 2.45) is 5.41 Å². The SMILES string of the molecule is CN1CCN(c2cccc3[nH]c(-c4n[nH]c5ccc(-c6cncc(NC(=O)CC(C)(C)C)c6)cc45)cc23)CC1. The van der Waals surface area contributed by atoms with Crippen LogP contribution in [0.5, 0.6) is 0 Å². The third-order valence-corrected chi connectivity index (χ3v) is 7.35. The van der Waals surface area contributed by atoms with Gasteiger partial charge < -0.3 is 20.1 Å². The van der Waals surface area contributed by atoms with Gasteiger partial charge in [-0.2, -0.15) is 5.10 Å². The first kappa shape index (κ1) is 25.1. The van der Waals surface area contributed by atoms with Gasteiger partial charge in [-0.25, -0.2) is 0 Å². The minimum atomic E-state index is -0.0777. The molecular weight excluding hydrogens is 486 g/mol. The quantitative estimate of drug-likeness (QED) is 0.268. The number of hydrogen-bond donors (Lipinski definition) is 3. The van der Waals surface area contributed by atoms with Crippen molar-refractivity contribution in [1.82, 2.24) is 25.1 Å². The Labute approximate surface area is 228 Å². The molecule has 0 saturated carbocycles. The normalized spacial score (nSPS) is 14.8. The van der Waals surface area contributed by atoms with E-state index in [4.69, 9.17) is 0 Å². The molecule has 1 aliphatic heterocycles. The Bertz CT molecular complexity index is 1650. The van der Waals surface area contributed by atoms with Crippen LogP contribution in [0.2, 0.25) is 0 Å². The standard InChI is InChI=1S/C31H35N7O/c1-31(2,3)17-29(39)33-22-14-21(18-32-19-22)20-8-9-26-24(15-20)30(36-35-26)27-16-23-25(34-27)6-5-7-28(23)38-12-10-37(4)11-13-38/h5-9,14-16,18-19,34H,10-13,17H2,1-4H3,(H,33,39)(H,35,36). The van der Waals surface area contributed by atoms with E-state index in [-0.39, 0.29) is 11.3 Å². The lowest BCUT2D eigenvalue weighted by Crippen LogP contribution is -2.44. The number of rotatable bonds is 5. The minimum absolute atomic E-state index is 0.0104. The van der Waals surface area contributed by atoms with Crippen LogP contribution in [-0.2, 0) is 4.79 Å². The molecule has 1 amide bonds. The number of anilines is 2. The summed E-state index contributed by atoms with van der Waals surface area (Å²) in [6.07, 6.45) is 3.96. The first-order chi connectivity index (χ1) is 18.7. The van der Waals surface area contributed by atoms with E-state index in [1.807, 2.05) is 18.3 Å². The highest BCUT2D eigenvalue weighted by atomic mass is 16.1. The van der Waals surface area contributed by atoms with Gasteiger partial charge in [0, 0.05) is 66.3 Å². The lowest BCUT2D eigenvalue weighted by atomic mass is 9.92. The molecule has 39 heavy (non-hydrogen) atoms. The zero-order valence-corrected chi connectivity index (χ0v) is 23.0. The molecule has 1 aliphatic rings. The molecule has 0 aliphatic carbocycles. The Morgan fingerprint density at radius 3 is 2.56 bits per heavy atom. The second kappa shape index (κ2) is 9.85. The van der Waals surface area contributed by atoms with Gasteiger partial charge in [0.25, 0.3) is 0 Å². The average Bonchev–Trinajstić information content (AvgIpc) is 3.52. The molecule has 0 spiro atoms. The van der Waals surface area contributed by atoms with Gasteiger partial charge in [-0.15, -0.1) is 0 Å². The van der Waals surface area contributed by atoms with Crippen LogP contribution in [0.1, 0.15) is 27.2 Å². The van der Waals surface area contributed by atoms with Gasteiger partial charge in [0.2, 0.25) is 5.91 Å². The number of fused-ring (bicyclic) bond motifs is 2. The Morgan fingerprint density at radius 1 is 0.949 bits per heavy atom. The molecule has 8 nitrogen and oxygen atoms in total. The predicted molar refractivity (Wildman–Crippen MR) is 159 cm³/mol. The van der Waals surface area contributed by atoms with Crippen LogP contribution in [0.4, 0.5) is 11.4 Å². The molecule has 3 N–H and O–H groups in total. The first-order valence-electron chi connectivity index (χ1n) is 13.5. The van der Waals surface area contributed by atoms with Crippen molar-refractivity contribution in [3.05, 3.63) is 60.9 Å². The van der Waals surface area contributed by atoms with Gasteiger partial charge in [-0.3, -0.25) is 14.9 Å². The minimum Gasteiger partial charge on any atom is -0.368 e. The monoisotopic (exact) mass is 521 g/mol. The fraction of sp³-hybridized carbons (Fsp3) is 0.323. The maximum atomic E-state index is 12.5. The predicted octanol–water partition coefficient (Wildman–Crippen LogP) is 5.90. The summed E-state index contributed by atoms with van der Waals surface area (Å²) >= 11 is 0. The fourth-order valence-electron chi connectivity index (χ4n) is 5.34. The molecule has 0 unspecified atom stereocenters. The number of piperazine rings is 1. The van der Waals surface area contributed by atoms with Crippen LogP contribution in [0.3, 0.4) is 0 Å². The van der Waals surface area contributed by atoms with Crippen LogP contribution < -0.4 is 10.2 Å². The van der Waals surface area contributed by atoms with Gasteiger partial charge in [0.1, 0.15) is 5.69 Å².